The van der Waals surface area contributed by atoms with E-state index in [2.05, 4.69) is 65.0 Å². The Morgan fingerprint density at radius 3 is 2.29 bits per heavy atom. The molecule has 0 unspecified atom stereocenters. The molecule has 4 nitrogen and oxygen atoms in total. The van der Waals surface area contributed by atoms with Gasteiger partial charge in [-0.25, -0.2) is 8.42 Å². The Kier molecular flexibility index (Phi) is 5.77. The van der Waals surface area contributed by atoms with Crippen molar-refractivity contribution in [2.75, 3.05) is 11.5 Å². The van der Waals surface area contributed by atoms with Gasteiger partial charge in [0.15, 0.2) is 9.84 Å². The predicted octanol–water partition coefficient (Wildman–Crippen LogP) is 4.00. The lowest BCUT2D eigenvalue weighted by Gasteiger charge is -2.29. The number of hydrogen-bond donors (Lipinski definition) is 0. The van der Waals surface area contributed by atoms with Gasteiger partial charge in [-0.05, 0) is 49.1 Å². The van der Waals surface area contributed by atoms with Gasteiger partial charge in [-0.2, -0.15) is 0 Å². The molecule has 1 saturated carbocycles. The Balaban J connectivity index is 1.86. The fraction of sp³-hybridized carbons (Fsp3) is 0.609. The summed E-state index contributed by atoms with van der Waals surface area (Å²) in [4.78, 5) is 15.4. The molecule has 0 aromatic heterocycles. The molecule has 1 aliphatic heterocycles. The van der Waals surface area contributed by atoms with Crippen LogP contribution in [0.2, 0.25) is 0 Å². The summed E-state index contributed by atoms with van der Waals surface area (Å²) in [6.45, 7) is 11.0. The Hall–Kier alpha value is -1.62. The molecule has 1 heterocycles. The lowest BCUT2D eigenvalue weighted by atomic mass is 10.1. The summed E-state index contributed by atoms with van der Waals surface area (Å²) < 4.78 is 24.2. The summed E-state index contributed by atoms with van der Waals surface area (Å²) in [5.74, 6) is 0.538. The van der Waals surface area contributed by atoms with Gasteiger partial charge in [-0.1, -0.05) is 56.7 Å². The standard InChI is InChI=1S/C23H33NO3S/c1-6-17-7-9-18(10-8-17)14-24(19-11-12-28(26,27)15-19)22(25)21-20(13-16(2)3)23(21,4)5/h7-10,13,19-21H,6,11-12,14-15H2,1-5H3/t19-,20-,21-/m1/s1. The highest BCUT2D eigenvalue weighted by Gasteiger charge is 2.61. The highest BCUT2D eigenvalue weighted by molar-refractivity contribution is 7.91. The molecule has 0 N–H and O–H groups in total. The fourth-order valence-electron chi connectivity index (χ4n) is 4.48. The number of nitrogens with zero attached hydrogens (tertiary/aromatic N) is 1. The molecule has 0 spiro atoms. The molecule has 3 atom stereocenters. The minimum absolute atomic E-state index is 0.0689. The first-order chi connectivity index (χ1) is 13.0. The van der Waals surface area contributed by atoms with Gasteiger partial charge >= 0.3 is 0 Å². The van der Waals surface area contributed by atoms with E-state index in [1.165, 1.54) is 11.1 Å². The largest absolute Gasteiger partial charge is 0.334 e. The van der Waals surface area contributed by atoms with Crippen LogP contribution in [0.25, 0.3) is 0 Å². The van der Waals surface area contributed by atoms with Crippen molar-refractivity contribution in [3.05, 3.63) is 47.0 Å². The average molecular weight is 404 g/mol. The Morgan fingerprint density at radius 2 is 1.79 bits per heavy atom. The van der Waals surface area contributed by atoms with Gasteiger partial charge in [0.2, 0.25) is 5.91 Å². The van der Waals surface area contributed by atoms with Crippen LogP contribution < -0.4 is 0 Å². The maximum absolute atomic E-state index is 13.5. The number of rotatable bonds is 6. The van der Waals surface area contributed by atoms with Crippen LogP contribution in [0.5, 0.6) is 0 Å². The van der Waals surface area contributed by atoms with Crippen molar-refractivity contribution in [3.63, 3.8) is 0 Å². The minimum atomic E-state index is -3.05. The predicted molar refractivity (Wildman–Crippen MR) is 114 cm³/mol. The second-order valence-electron chi connectivity index (χ2n) is 9.26. The first-order valence-corrected chi connectivity index (χ1v) is 12.1. The van der Waals surface area contributed by atoms with Crippen LogP contribution in [0, 0.1) is 17.3 Å². The summed E-state index contributed by atoms with van der Waals surface area (Å²) >= 11 is 0. The van der Waals surface area contributed by atoms with E-state index >= 15 is 0 Å². The zero-order valence-corrected chi connectivity index (χ0v) is 18.6. The van der Waals surface area contributed by atoms with E-state index in [1.54, 1.807) is 0 Å². The van der Waals surface area contributed by atoms with Crippen LogP contribution in [-0.4, -0.2) is 36.8 Å². The number of hydrogen-bond acceptors (Lipinski definition) is 3. The van der Waals surface area contributed by atoms with Crippen LogP contribution in [-0.2, 0) is 27.6 Å². The molecule has 28 heavy (non-hydrogen) atoms. The maximum atomic E-state index is 13.5. The van der Waals surface area contributed by atoms with Crippen LogP contribution >= 0.6 is 0 Å². The van der Waals surface area contributed by atoms with Gasteiger partial charge in [-0.15, -0.1) is 0 Å². The van der Waals surface area contributed by atoms with E-state index in [0.717, 1.165) is 12.0 Å². The van der Waals surface area contributed by atoms with E-state index in [1.807, 2.05) is 4.90 Å². The summed E-state index contributed by atoms with van der Waals surface area (Å²) in [5, 5.41) is 0. The quantitative estimate of drug-likeness (QED) is 0.675. The average Bonchev–Trinajstić information content (AvgIpc) is 2.95. The Labute approximate surface area is 169 Å². The van der Waals surface area contributed by atoms with Gasteiger partial charge in [-0.3, -0.25) is 4.79 Å². The van der Waals surface area contributed by atoms with Gasteiger partial charge in [0.25, 0.3) is 0 Å². The summed E-state index contributed by atoms with van der Waals surface area (Å²) in [5.41, 5.74) is 3.47. The molecule has 1 aromatic rings. The summed E-state index contributed by atoms with van der Waals surface area (Å²) in [7, 11) is -3.05. The summed E-state index contributed by atoms with van der Waals surface area (Å²) in [6, 6.07) is 8.10. The minimum Gasteiger partial charge on any atom is -0.334 e. The number of amides is 1. The van der Waals surface area contributed by atoms with Crippen molar-refractivity contribution in [2.45, 2.75) is 60.0 Å². The van der Waals surface area contributed by atoms with E-state index in [-0.39, 0.29) is 40.7 Å². The molecule has 5 heteroatoms. The summed E-state index contributed by atoms with van der Waals surface area (Å²) in [6.07, 6.45) is 3.72. The van der Waals surface area contributed by atoms with Crippen LogP contribution in [0.15, 0.2) is 35.9 Å². The van der Waals surface area contributed by atoms with Crippen molar-refractivity contribution in [1.82, 2.24) is 4.90 Å². The zero-order chi connectivity index (χ0) is 20.7. The maximum Gasteiger partial charge on any atom is 0.227 e. The van der Waals surface area contributed by atoms with E-state index in [9.17, 15) is 13.2 Å². The molecular weight excluding hydrogens is 370 g/mol. The SMILES string of the molecule is CCc1ccc(CN(C(=O)[C@H]2[C@@H](C=C(C)C)C2(C)C)[C@@H]2CCS(=O)(=O)C2)cc1. The van der Waals surface area contributed by atoms with Gasteiger partial charge in [0.05, 0.1) is 17.4 Å². The molecule has 2 aliphatic rings. The lowest BCUT2D eigenvalue weighted by Crippen LogP contribution is -2.42. The van der Waals surface area contributed by atoms with Crippen molar-refractivity contribution >= 4 is 15.7 Å². The number of allylic oxidation sites excluding steroid dienone is 2. The molecule has 2 fully saturated rings. The van der Waals surface area contributed by atoms with E-state index in [4.69, 9.17) is 0 Å². The molecular formula is C23H33NO3S. The third-order valence-corrected chi connectivity index (χ3v) is 8.16. The van der Waals surface area contributed by atoms with Gasteiger partial charge in [0, 0.05) is 12.6 Å². The second kappa shape index (κ2) is 7.66. The van der Waals surface area contributed by atoms with Gasteiger partial charge < -0.3 is 4.90 Å². The Morgan fingerprint density at radius 1 is 1.18 bits per heavy atom. The molecule has 154 valence electrons. The highest BCUT2D eigenvalue weighted by atomic mass is 32.2. The van der Waals surface area contributed by atoms with E-state index in [0.29, 0.717) is 13.0 Å². The second-order valence-corrected chi connectivity index (χ2v) is 11.5. The van der Waals surface area contributed by atoms with E-state index < -0.39 is 9.84 Å². The lowest BCUT2D eigenvalue weighted by molar-refractivity contribution is -0.136. The highest BCUT2D eigenvalue weighted by Crippen LogP contribution is 2.60. The topological polar surface area (TPSA) is 54.5 Å². The zero-order valence-electron chi connectivity index (χ0n) is 17.7. The molecule has 1 aliphatic carbocycles. The number of benzene rings is 1. The van der Waals surface area contributed by atoms with Crippen LogP contribution in [0.3, 0.4) is 0 Å². The smallest absolute Gasteiger partial charge is 0.227 e. The normalized spacial score (nSPS) is 27.2. The first-order valence-electron chi connectivity index (χ1n) is 10.3. The van der Waals surface area contributed by atoms with Gasteiger partial charge in [0.1, 0.15) is 0 Å². The molecule has 3 rings (SSSR count). The monoisotopic (exact) mass is 403 g/mol. The number of aryl methyl sites for hydroxylation is 1. The Bertz CT molecular complexity index is 864. The van der Waals surface area contributed by atoms with Crippen molar-refractivity contribution in [2.24, 2.45) is 17.3 Å². The third-order valence-electron chi connectivity index (χ3n) is 6.41. The van der Waals surface area contributed by atoms with Crippen LogP contribution in [0.1, 0.15) is 52.2 Å². The molecule has 1 aromatic carbocycles. The van der Waals surface area contributed by atoms with Crippen LogP contribution in [0.4, 0.5) is 0 Å². The van der Waals surface area contributed by atoms with Crippen molar-refractivity contribution in [3.8, 4) is 0 Å². The fourth-order valence-corrected chi connectivity index (χ4v) is 6.21. The molecule has 0 radical (unpaired) electrons. The molecule has 0 bridgehead atoms. The van der Waals surface area contributed by atoms with Crippen molar-refractivity contribution < 1.29 is 13.2 Å². The number of carbonyl (C=O) groups is 1. The third kappa shape index (κ3) is 4.35. The van der Waals surface area contributed by atoms with Crippen molar-refractivity contribution in [1.29, 1.82) is 0 Å². The number of carbonyl (C=O) groups excluding carboxylic acids is 1. The molecule has 1 amide bonds. The number of sulfone groups is 1. The first kappa shape index (κ1) is 21.1. The molecule has 1 saturated heterocycles.